The van der Waals surface area contributed by atoms with Gasteiger partial charge in [0, 0.05) is 5.56 Å². The second-order valence-corrected chi connectivity index (χ2v) is 9.16. The van der Waals surface area contributed by atoms with E-state index in [0.717, 1.165) is 16.2 Å². The minimum atomic E-state index is -0.729. The third-order valence-corrected chi connectivity index (χ3v) is 7.81. The van der Waals surface area contributed by atoms with Gasteiger partial charge in [-0.1, -0.05) is 90.6 Å². The van der Waals surface area contributed by atoms with Crippen molar-refractivity contribution in [3.63, 3.8) is 0 Å². The second kappa shape index (κ2) is 6.82. The lowest BCUT2D eigenvalue weighted by Crippen LogP contribution is -2.43. The number of hydrazone groups is 1. The number of hydrogen-bond acceptors (Lipinski definition) is 5. The molecule has 0 N–H and O–H groups in total. The Balaban J connectivity index is 1.48. The van der Waals surface area contributed by atoms with Gasteiger partial charge in [-0.2, -0.15) is 5.10 Å². The molecule has 3 aliphatic heterocycles. The van der Waals surface area contributed by atoms with Crippen LogP contribution in [0.5, 0.6) is 0 Å². The van der Waals surface area contributed by atoms with E-state index >= 15 is 0 Å². The third kappa shape index (κ3) is 2.55. The molecule has 2 saturated heterocycles. The molecule has 6 rings (SSSR count). The molecule has 0 aromatic heterocycles. The molecule has 2 amide bonds. The van der Waals surface area contributed by atoms with E-state index in [1.54, 1.807) is 11.8 Å². The maximum absolute atomic E-state index is 13.8. The van der Waals surface area contributed by atoms with Crippen LogP contribution in [-0.4, -0.2) is 28.4 Å². The summed E-state index contributed by atoms with van der Waals surface area (Å²) in [6.45, 7) is 0.427. The van der Waals surface area contributed by atoms with Crippen molar-refractivity contribution in [3.8, 4) is 0 Å². The van der Waals surface area contributed by atoms with Crippen LogP contribution in [0.3, 0.4) is 0 Å². The first-order chi connectivity index (χ1) is 15.2. The molecule has 3 aromatic carbocycles. The molecule has 3 aliphatic rings. The number of benzene rings is 3. The summed E-state index contributed by atoms with van der Waals surface area (Å²) in [5.74, 6) is -1.20. The topological polar surface area (TPSA) is 53.0 Å². The highest BCUT2D eigenvalue weighted by atomic mass is 32.2. The van der Waals surface area contributed by atoms with E-state index in [1.807, 2.05) is 96.0 Å². The molecule has 0 bridgehead atoms. The average molecular weight is 426 g/mol. The van der Waals surface area contributed by atoms with Gasteiger partial charge >= 0.3 is 0 Å². The number of imide groups is 1. The summed E-state index contributed by atoms with van der Waals surface area (Å²) >= 11 is 1.59. The molecule has 0 spiro atoms. The molecule has 0 saturated carbocycles. The number of carbonyl (C=O) groups excluding carboxylic acids is 2. The second-order valence-electron chi connectivity index (χ2n) is 7.95. The summed E-state index contributed by atoms with van der Waals surface area (Å²) in [7, 11) is 0. The van der Waals surface area contributed by atoms with Crippen molar-refractivity contribution < 1.29 is 9.59 Å². The normalized spacial score (nSPS) is 26.8. The molecule has 3 aromatic rings. The van der Waals surface area contributed by atoms with Gasteiger partial charge in [-0.05, 0) is 17.7 Å². The van der Waals surface area contributed by atoms with Gasteiger partial charge in [-0.15, -0.1) is 0 Å². The summed E-state index contributed by atoms with van der Waals surface area (Å²) in [6.07, 6.45) is 0. The van der Waals surface area contributed by atoms with Crippen LogP contribution >= 0.6 is 11.8 Å². The highest BCUT2D eigenvalue weighted by Gasteiger charge is 2.68. The number of anilines is 1. The summed E-state index contributed by atoms with van der Waals surface area (Å²) in [4.78, 5) is 27.8. The van der Waals surface area contributed by atoms with Gasteiger partial charge in [0.05, 0.1) is 24.1 Å². The number of thioether (sulfide) groups is 1. The molecule has 152 valence electrons. The number of fused-ring (bicyclic) bond motifs is 3. The molecular weight excluding hydrogens is 406 g/mol. The van der Waals surface area contributed by atoms with Gasteiger partial charge in [0.1, 0.15) is 9.91 Å². The molecule has 6 heteroatoms. The zero-order valence-electron chi connectivity index (χ0n) is 16.6. The quantitative estimate of drug-likeness (QED) is 0.594. The van der Waals surface area contributed by atoms with Crippen molar-refractivity contribution in [2.75, 3.05) is 11.4 Å². The number of carbonyl (C=O) groups is 2. The smallest absolute Gasteiger partial charge is 0.241 e. The fraction of sp³-hybridized carbons (Fsp3) is 0.160. The SMILES string of the molecule is O=C1[C@H]2CN3N=C(c4ccccc4)S[C@@]3(c3ccccc3)[C@H]2C(=O)N1c1ccccc1. The molecule has 5 nitrogen and oxygen atoms in total. The van der Waals surface area contributed by atoms with Crippen molar-refractivity contribution in [2.45, 2.75) is 4.87 Å². The molecule has 2 fully saturated rings. The van der Waals surface area contributed by atoms with Crippen LogP contribution in [0, 0.1) is 11.8 Å². The Bertz CT molecular complexity index is 1200. The van der Waals surface area contributed by atoms with E-state index in [1.165, 1.54) is 4.90 Å². The van der Waals surface area contributed by atoms with Crippen molar-refractivity contribution in [1.29, 1.82) is 0 Å². The zero-order chi connectivity index (χ0) is 21.0. The van der Waals surface area contributed by atoms with Crippen LogP contribution in [0.15, 0.2) is 96.1 Å². The predicted octanol–water partition coefficient (Wildman–Crippen LogP) is 4.07. The van der Waals surface area contributed by atoms with E-state index in [2.05, 4.69) is 0 Å². The van der Waals surface area contributed by atoms with E-state index in [0.29, 0.717) is 12.2 Å². The molecule has 0 aliphatic carbocycles. The Labute approximate surface area is 184 Å². The molecule has 3 atom stereocenters. The van der Waals surface area contributed by atoms with E-state index in [-0.39, 0.29) is 11.8 Å². The highest BCUT2D eigenvalue weighted by molar-refractivity contribution is 8.15. The number of rotatable bonds is 3. The molecular formula is C25H19N3O2S. The van der Waals surface area contributed by atoms with Crippen molar-refractivity contribution in [2.24, 2.45) is 16.9 Å². The van der Waals surface area contributed by atoms with Gasteiger partial charge < -0.3 is 0 Å². The Morgan fingerprint density at radius 1 is 0.806 bits per heavy atom. The summed E-state index contributed by atoms with van der Waals surface area (Å²) in [5, 5.41) is 7.76. The first-order valence-electron chi connectivity index (χ1n) is 10.3. The third-order valence-electron chi connectivity index (χ3n) is 6.29. The average Bonchev–Trinajstić information content (AvgIpc) is 3.42. The molecule has 3 heterocycles. The first kappa shape index (κ1) is 18.4. The Hall–Kier alpha value is -3.38. The zero-order valence-corrected chi connectivity index (χ0v) is 17.4. The number of amides is 2. The van der Waals surface area contributed by atoms with E-state index < -0.39 is 16.7 Å². The van der Waals surface area contributed by atoms with Gasteiger partial charge in [0.25, 0.3) is 0 Å². The largest absolute Gasteiger partial charge is 0.274 e. The Morgan fingerprint density at radius 3 is 2.10 bits per heavy atom. The van der Waals surface area contributed by atoms with Crippen LogP contribution in [-0.2, 0) is 14.5 Å². The van der Waals surface area contributed by atoms with Crippen molar-refractivity contribution >= 4 is 34.3 Å². The Kier molecular flexibility index (Phi) is 4.05. The van der Waals surface area contributed by atoms with Gasteiger partial charge in [-0.25, -0.2) is 4.90 Å². The lowest BCUT2D eigenvalue weighted by atomic mass is 9.88. The maximum Gasteiger partial charge on any atom is 0.241 e. The lowest BCUT2D eigenvalue weighted by molar-refractivity contribution is -0.123. The van der Waals surface area contributed by atoms with Crippen LogP contribution in [0.25, 0.3) is 0 Å². The number of hydrogen-bond donors (Lipinski definition) is 0. The summed E-state index contributed by atoms with van der Waals surface area (Å²) < 4.78 is 0. The molecule has 0 unspecified atom stereocenters. The van der Waals surface area contributed by atoms with Crippen molar-refractivity contribution in [1.82, 2.24) is 5.01 Å². The van der Waals surface area contributed by atoms with Gasteiger partial charge in [-0.3, -0.25) is 14.6 Å². The van der Waals surface area contributed by atoms with E-state index in [4.69, 9.17) is 5.10 Å². The summed E-state index contributed by atoms with van der Waals surface area (Å²) in [6, 6.07) is 29.2. The van der Waals surface area contributed by atoms with Gasteiger partial charge in [0.15, 0.2) is 0 Å². The van der Waals surface area contributed by atoms with Crippen LogP contribution < -0.4 is 4.90 Å². The van der Waals surface area contributed by atoms with Crippen LogP contribution in [0.2, 0.25) is 0 Å². The Morgan fingerprint density at radius 2 is 1.42 bits per heavy atom. The molecule has 31 heavy (non-hydrogen) atoms. The van der Waals surface area contributed by atoms with Crippen LogP contribution in [0.1, 0.15) is 11.1 Å². The fourth-order valence-electron chi connectivity index (χ4n) is 4.94. The van der Waals surface area contributed by atoms with Crippen LogP contribution in [0.4, 0.5) is 5.69 Å². The maximum atomic E-state index is 13.8. The number of para-hydroxylation sites is 1. The van der Waals surface area contributed by atoms with Gasteiger partial charge in [0.2, 0.25) is 11.8 Å². The number of nitrogens with zero attached hydrogens (tertiary/aromatic N) is 3. The minimum Gasteiger partial charge on any atom is -0.274 e. The lowest BCUT2D eigenvalue weighted by Gasteiger charge is -2.35. The highest BCUT2D eigenvalue weighted by Crippen LogP contribution is 2.61. The molecule has 0 radical (unpaired) electrons. The summed E-state index contributed by atoms with van der Waals surface area (Å²) in [5.41, 5.74) is 2.65. The standard InChI is InChI=1S/C25H19N3O2S/c29-23-20-16-27-25(18-12-6-2-7-13-18,31-22(26-27)17-10-4-1-5-11-17)21(20)24(30)28(23)19-14-8-3-9-15-19/h1-15,20-21H,16H2/t20-,21+,25-/m0/s1. The van der Waals surface area contributed by atoms with Crippen molar-refractivity contribution in [3.05, 3.63) is 102 Å². The predicted molar refractivity (Wildman–Crippen MR) is 121 cm³/mol. The van der Waals surface area contributed by atoms with E-state index in [9.17, 15) is 9.59 Å². The monoisotopic (exact) mass is 425 g/mol. The first-order valence-corrected chi connectivity index (χ1v) is 11.1. The minimum absolute atomic E-state index is 0.136. The fourth-order valence-corrected chi connectivity index (χ4v) is 6.49.